The van der Waals surface area contributed by atoms with E-state index in [-0.39, 0.29) is 11.6 Å². The van der Waals surface area contributed by atoms with E-state index in [9.17, 15) is 4.79 Å². The first-order valence-electron chi connectivity index (χ1n) is 9.73. The number of hydrogen-bond donors (Lipinski definition) is 0. The Balaban J connectivity index is 2.11. The molecule has 3 heterocycles. The van der Waals surface area contributed by atoms with Crippen molar-refractivity contribution in [3.05, 3.63) is 40.4 Å². The van der Waals surface area contributed by atoms with Gasteiger partial charge >= 0.3 is 0 Å². The topological polar surface area (TPSA) is 74.8 Å². The third-order valence-electron chi connectivity index (χ3n) is 5.33. The minimum atomic E-state index is -0.0445. The van der Waals surface area contributed by atoms with Crippen molar-refractivity contribution in [2.75, 3.05) is 13.7 Å². The van der Waals surface area contributed by atoms with Crippen LogP contribution in [0.1, 0.15) is 38.6 Å². The molecule has 7 nitrogen and oxygen atoms in total. The van der Waals surface area contributed by atoms with Gasteiger partial charge in [-0.15, -0.1) is 0 Å². The van der Waals surface area contributed by atoms with Crippen molar-refractivity contribution >= 4 is 33.2 Å². The van der Waals surface area contributed by atoms with Crippen LogP contribution in [0.2, 0.25) is 0 Å². The van der Waals surface area contributed by atoms with Crippen molar-refractivity contribution in [1.29, 1.82) is 0 Å². The molecule has 0 bridgehead atoms. The summed E-state index contributed by atoms with van der Waals surface area (Å²) in [7, 11) is 1.69. The first-order valence-corrected chi connectivity index (χ1v) is 9.73. The van der Waals surface area contributed by atoms with Gasteiger partial charge in [0.1, 0.15) is 16.7 Å². The van der Waals surface area contributed by atoms with Crippen molar-refractivity contribution in [3.8, 4) is 0 Å². The monoisotopic (exact) mass is 379 g/mol. The van der Waals surface area contributed by atoms with E-state index in [2.05, 4.69) is 6.92 Å². The standard InChI is InChI=1S/C21H25N5O2/c1-5-13(2)26-14(3)22-19-17(21(26)27)18-20(25(19)11-8-12-28-4)24-16-10-7-6-9-15(16)23-18/h6-7,9-10,13H,5,8,11-12H2,1-4H3. The smallest absolute Gasteiger partial charge is 0.265 e. The number of aromatic nitrogens is 5. The van der Waals surface area contributed by atoms with Gasteiger partial charge in [-0.3, -0.25) is 9.36 Å². The van der Waals surface area contributed by atoms with Crippen LogP contribution in [0.4, 0.5) is 0 Å². The van der Waals surface area contributed by atoms with Crippen LogP contribution >= 0.6 is 0 Å². The highest BCUT2D eigenvalue weighted by Crippen LogP contribution is 2.26. The lowest BCUT2D eigenvalue weighted by Gasteiger charge is -2.16. The number of ether oxygens (including phenoxy) is 1. The summed E-state index contributed by atoms with van der Waals surface area (Å²) in [5.74, 6) is 0.715. The van der Waals surface area contributed by atoms with Crippen LogP contribution in [0.15, 0.2) is 29.1 Å². The molecule has 28 heavy (non-hydrogen) atoms. The summed E-state index contributed by atoms with van der Waals surface area (Å²) in [5, 5.41) is 0.552. The van der Waals surface area contributed by atoms with Crippen molar-refractivity contribution in [2.45, 2.75) is 46.2 Å². The van der Waals surface area contributed by atoms with Crippen molar-refractivity contribution < 1.29 is 4.74 Å². The molecular formula is C21H25N5O2. The van der Waals surface area contributed by atoms with Crippen LogP contribution in [0, 0.1) is 6.92 Å². The molecule has 146 valence electrons. The van der Waals surface area contributed by atoms with Crippen LogP contribution in [-0.2, 0) is 11.3 Å². The number of benzene rings is 1. The van der Waals surface area contributed by atoms with Crippen LogP contribution in [0.5, 0.6) is 0 Å². The molecule has 0 aliphatic rings. The average molecular weight is 379 g/mol. The third-order valence-corrected chi connectivity index (χ3v) is 5.33. The second-order valence-corrected chi connectivity index (χ2v) is 7.17. The van der Waals surface area contributed by atoms with Gasteiger partial charge in [-0.05, 0) is 38.8 Å². The minimum Gasteiger partial charge on any atom is -0.385 e. The molecule has 0 saturated carbocycles. The predicted octanol–water partition coefficient (Wildman–Crippen LogP) is 3.61. The maximum Gasteiger partial charge on any atom is 0.265 e. The van der Waals surface area contributed by atoms with Gasteiger partial charge in [-0.1, -0.05) is 19.1 Å². The maximum atomic E-state index is 13.5. The van der Waals surface area contributed by atoms with Gasteiger partial charge < -0.3 is 9.30 Å². The molecule has 7 heteroatoms. The largest absolute Gasteiger partial charge is 0.385 e. The summed E-state index contributed by atoms with van der Waals surface area (Å²) in [6, 6.07) is 7.81. The van der Waals surface area contributed by atoms with E-state index in [1.165, 1.54) is 0 Å². The second-order valence-electron chi connectivity index (χ2n) is 7.17. The number of methoxy groups -OCH3 is 1. The van der Waals surface area contributed by atoms with E-state index >= 15 is 0 Å². The molecule has 1 atom stereocenters. The third kappa shape index (κ3) is 2.86. The minimum absolute atomic E-state index is 0.0445. The molecule has 0 aliphatic heterocycles. The number of fused-ring (bicyclic) bond motifs is 4. The highest BCUT2D eigenvalue weighted by Gasteiger charge is 2.22. The highest BCUT2D eigenvalue weighted by atomic mass is 16.5. The molecular weight excluding hydrogens is 354 g/mol. The summed E-state index contributed by atoms with van der Waals surface area (Å²) >= 11 is 0. The molecule has 0 radical (unpaired) electrons. The molecule has 0 amide bonds. The fourth-order valence-electron chi connectivity index (χ4n) is 3.76. The zero-order valence-corrected chi connectivity index (χ0v) is 16.8. The van der Waals surface area contributed by atoms with Gasteiger partial charge in [0.05, 0.1) is 11.0 Å². The van der Waals surface area contributed by atoms with Gasteiger partial charge in [0.2, 0.25) is 0 Å². The van der Waals surface area contributed by atoms with Gasteiger partial charge in [-0.2, -0.15) is 0 Å². The van der Waals surface area contributed by atoms with Crippen LogP contribution in [-0.4, -0.2) is 37.8 Å². The maximum absolute atomic E-state index is 13.5. The van der Waals surface area contributed by atoms with Crippen LogP contribution in [0.3, 0.4) is 0 Å². The lowest BCUT2D eigenvalue weighted by Crippen LogP contribution is -2.26. The Kier molecular flexibility index (Phi) is 4.85. The van der Waals surface area contributed by atoms with Gasteiger partial charge in [-0.25, -0.2) is 15.0 Å². The van der Waals surface area contributed by atoms with E-state index < -0.39 is 0 Å². The molecule has 0 spiro atoms. The molecule has 0 aliphatic carbocycles. The van der Waals surface area contributed by atoms with E-state index in [1.807, 2.05) is 42.7 Å². The number of para-hydroxylation sites is 2. The van der Waals surface area contributed by atoms with E-state index in [0.717, 1.165) is 23.9 Å². The number of rotatable bonds is 6. The molecule has 3 aromatic heterocycles. The lowest BCUT2D eigenvalue weighted by molar-refractivity contribution is 0.191. The summed E-state index contributed by atoms with van der Waals surface area (Å²) < 4.78 is 9.00. The van der Waals surface area contributed by atoms with Crippen molar-refractivity contribution in [3.63, 3.8) is 0 Å². The number of aryl methyl sites for hydroxylation is 2. The quantitative estimate of drug-likeness (QED) is 0.479. The Morgan fingerprint density at radius 1 is 1.11 bits per heavy atom. The Bertz CT molecular complexity index is 1220. The normalized spacial score (nSPS) is 13.0. The second kappa shape index (κ2) is 7.31. The fourth-order valence-corrected chi connectivity index (χ4v) is 3.76. The van der Waals surface area contributed by atoms with Gasteiger partial charge in [0.15, 0.2) is 11.3 Å². The molecule has 4 aromatic rings. The number of nitrogens with zero attached hydrogens (tertiary/aromatic N) is 5. The van der Waals surface area contributed by atoms with Crippen LogP contribution in [0.25, 0.3) is 33.2 Å². The molecule has 0 saturated heterocycles. The summed E-state index contributed by atoms with van der Waals surface area (Å²) in [6.07, 6.45) is 1.66. The van der Waals surface area contributed by atoms with Crippen LogP contribution < -0.4 is 5.56 Å². The Morgan fingerprint density at radius 3 is 2.50 bits per heavy atom. The zero-order chi connectivity index (χ0) is 19.8. The summed E-state index contributed by atoms with van der Waals surface area (Å²) in [6.45, 7) is 7.30. The first kappa shape index (κ1) is 18.6. The van der Waals surface area contributed by atoms with Crippen molar-refractivity contribution in [2.24, 2.45) is 0 Å². The molecule has 0 N–H and O–H groups in total. The Hall–Kier alpha value is -2.80. The highest BCUT2D eigenvalue weighted by molar-refractivity contribution is 6.04. The predicted molar refractivity (Wildman–Crippen MR) is 111 cm³/mol. The Labute approximate surface area is 163 Å². The molecule has 1 unspecified atom stereocenters. The fraction of sp³-hybridized carbons (Fsp3) is 0.429. The molecule has 0 fully saturated rings. The van der Waals surface area contributed by atoms with Gasteiger partial charge in [0.25, 0.3) is 5.56 Å². The zero-order valence-electron chi connectivity index (χ0n) is 16.8. The Morgan fingerprint density at radius 2 is 1.82 bits per heavy atom. The first-order chi connectivity index (χ1) is 13.6. The molecule has 4 rings (SSSR count). The summed E-state index contributed by atoms with van der Waals surface area (Å²) in [5.41, 5.74) is 3.53. The van der Waals surface area contributed by atoms with Gasteiger partial charge in [0, 0.05) is 26.3 Å². The average Bonchev–Trinajstić information content (AvgIpc) is 2.99. The SMILES string of the molecule is CCC(C)n1c(C)nc2c(c1=O)c1nc3ccccc3nc1n2CCCOC. The summed E-state index contributed by atoms with van der Waals surface area (Å²) in [4.78, 5) is 27.9. The number of hydrogen-bond acceptors (Lipinski definition) is 5. The lowest BCUT2D eigenvalue weighted by atomic mass is 10.2. The molecule has 1 aromatic carbocycles. The van der Waals surface area contributed by atoms with Crippen molar-refractivity contribution in [1.82, 2.24) is 24.1 Å². The van der Waals surface area contributed by atoms with E-state index in [1.54, 1.807) is 11.7 Å². The van der Waals surface area contributed by atoms with E-state index in [0.29, 0.717) is 41.2 Å². The van der Waals surface area contributed by atoms with E-state index in [4.69, 9.17) is 19.7 Å².